The van der Waals surface area contributed by atoms with E-state index in [1.807, 2.05) is 0 Å². The van der Waals surface area contributed by atoms with E-state index in [1.165, 1.54) is 57.8 Å². The first-order valence-electron chi connectivity index (χ1n) is 9.02. The molecule has 124 valence electrons. The Hall–Kier alpha value is -0.790. The average molecular weight is 296 g/mol. The van der Waals surface area contributed by atoms with E-state index >= 15 is 0 Å². The van der Waals surface area contributed by atoms with Gasteiger partial charge in [0, 0.05) is 5.57 Å². The fourth-order valence-electron chi connectivity index (χ4n) is 2.94. The number of aliphatic carboxylic acids is 1. The van der Waals surface area contributed by atoms with Crippen molar-refractivity contribution in [3.05, 3.63) is 12.2 Å². The monoisotopic (exact) mass is 296 g/mol. The van der Waals surface area contributed by atoms with E-state index in [4.69, 9.17) is 5.11 Å². The molecule has 0 aliphatic carbocycles. The summed E-state index contributed by atoms with van der Waals surface area (Å²) < 4.78 is 0. The van der Waals surface area contributed by atoms with Gasteiger partial charge in [-0.1, -0.05) is 97.5 Å². The molecule has 0 spiro atoms. The molecule has 1 N–H and O–H groups in total. The smallest absolute Gasteiger partial charge is 0.330 e. The van der Waals surface area contributed by atoms with Crippen LogP contribution in [0.15, 0.2) is 12.2 Å². The van der Waals surface area contributed by atoms with Crippen molar-refractivity contribution in [2.75, 3.05) is 0 Å². The first kappa shape index (κ1) is 20.2. The average Bonchev–Trinajstić information content (AvgIpc) is 2.45. The molecule has 0 aliphatic heterocycles. The number of unbranched alkanes of at least 4 members (excludes halogenated alkanes) is 8. The Morgan fingerprint density at radius 3 is 1.86 bits per heavy atom. The lowest BCUT2D eigenvalue weighted by atomic mass is 9.90. The van der Waals surface area contributed by atoms with E-state index in [-0.39, 0.29) is 0 Å². The largest absolute Gasteiger partial charge is 0.478 e. The second-order valence-corrected chi connectivity index (χ2v) is 6.38. The highest BCUT2D eigenvalue weighted by molar-refractivity contribution is 5.85. The van der Waals surface area contributed by atoms with Crippen LogP contribution in [-0.2, 0) is 4.79 Å². The maximum absolute atomic E-state index is 10.9. The van der Waals surface area contributed by atoms with Gasteiger partial charge in [0.1, 0.15) is 0 Å². The van der Waals surface area contributed by atoms with Crippen LogP contribution in [0.25, 0.3) is 0 Å². The van der Waals surface area contributed by atoms with E-state index in [1.54, 1.807) is 0 Å². The summed E-state index contributed by atoms with van der Waals surface area (Å²) in [6.45, 7) is 8.10. The molecule has 0 aromatic rings. The fourth-order valence-corrected chi connectivity index (χ4v) is 2.94. The predicted octanol–water partition coefficient (Wildman–Crippen LogP) is 6.35. The minimum Gasteiger partial charge on any atom is -0.478 e. The summed E-state index contributed by atoms with van der Waals surface area (Å²) in [6, 6.07) is 0. The highest BCUT2D eigenvalue weighted by Gasteiger charge is 2.13. The van der Waals surface area contributed by atoms with Gasteiger partial charge in [-0.15, -0.1) is 0 Å². The van der Waals surface area contributed by atoms with Crippen molar-refractivity contribution in [1.82, 2.24) is 0 Å². The Morgan fingerprint density at radius 2 is 1.38 bits per heavy atom. The maximum atomic E-state index is 10.9. The van der Waals surface area contributed by atoms with Gasteiger partial charge >= 0.3 is 5.97 Å². The van der Waals surface area contributed by atoms with E-state index in [2.05, 4.69) is 20.4 Å². The molecule has 0 bridgehead atoms. The predicted molar refractivity (Wildman–Crippen MR) is 91.6 cm³/mol. The van der Waals surface area contributed by atoms with Crippen LogP contribution in [0.1, 0.15) is 97.3 Å². The van der Waals surface area contributed by atoms with Gasteiger partial charge < -0.3 is 5.11 Å². The molecule has 1 atom stereocenters. The third-order valence-electron chi connectivity index (χ3n) is 4.25. The molecular formula is C19H36O2. The second-order valence-electron chi connectivity index (χ2n) is 6.38. The van der Waals surface area contributed by atoms with E-state index in [9.17, 15) is 4.79 Å². The van der Waals surface area contributed by atoms with Crippen molar-refractivity contribution in [2.24, 2.45) is 5.92 Å². The van der Waals surface area contributed by atoms with Crippen LogP contribution in [0, 0.1) is 5.92 Å². The van der Waals surface area contributed by atoms with E-state index < -0.39 is 5.97 Å². The molecule has 0 rings (SSSR count). The SMILES string of the molecule is C=C(CC(CCC)CCCCCCCCCCC)C(=O)O. The van der Waals surface area contributed by atoms with Crippen molar-refractivity contribution in [2.45, 2.75) is 97.3 Å². The second kappa shape index (κ2) is 14.2. The van der Waals surface area contributed by atoms with Crippen LogP contribution < -0.4 is 0 Å². The number of carbonyl (C=O) groups is 1. The van der Waals surface area contributed by atoms with Gasteiger partial charge in [0.05, 0.1) is 0 Å². The highest BCUT2D eigenvalue weighted by Crippen LogP contribution is 2.23. The maximum Gasteiger partial charge on any atom is 0.330 e. The molecule has 0 aromatic carbocycles. The zero-order valence-corrected chi connectivity index (χ0v) is 14.3. The third-order valence-corrected chi connectivity index (χ3v) is 4.25. The lowest BCUT2D eigenvalue weighted by Crippen LogP contribution is -2.07. The van der Waals surface area contributed by atoms with Gasteiger partial charge in [-0.3, -0.25) is 0 Å². The van der Waals surface area contributed by atoms with Crippen molar-refractivity contribution in [3.63, 3.8) is 0 Å². The van der Waals surface area contributed by atoms with Gasteiger partial charge in [-0.25, -0.2) is 4.79 Å². The van der Waals surface area contributed by atoms with Crippen molar-refractivity contribution in [3.8, 4) is 0 Å². The van der Waals surface area contributed by atoms with Crippen LogP contribution in [0.2, 0.25) is 0 Å². The molecule has 0 saturated heterocycles. The molecule has 0 aromatic heterocycles. The van der Waals surface area contributed by atoms with Gasteiger partial charge in [0.2, 0.25) is 0 Å². The topological polar surface area (TPSA) is 37.3 Å². The van der Waals surface area contributed by atoms with Gasteiger partial charge in [0.15, 0.2) is 0 Å². The molecule has 0 aliphatic rings. The van der Waals surface area contributed by atoms with E-state index in [0.29, 0.717) is 17.9 Å². The van der Waals surface area contributed by atoms with E-state index in [0.717, 1.165) is 19.3 Å². The highest BCUT2D eigenvalue weighted by atomic mass is 16.4. The Morgan fingerprint density at radius 1 is 0.857 bits per heavy atom. The summed E-state index contributed by atoms with van der Waals surface area (Å²) >= 11 is 0. The molecular weight excluding hydrogens is 260 g/mol. The molecule has 2 nitrogen and oxygen atoms in total. The Labute approximate surface area is 132 Å². The standard InChI is InChI=1S/C19H36O2/c1-4-6-7-8-9-10-11-12-13-15-18(14-5-2)16-17(3)19(20)21/h18H,3-16H2,1-2H3,(H,20,21). The molecule has 0 saturated carbocycles. The normalized spacial score (nSPS) is 12.3. The molecule has 0 amide bonds. The summed E-state index contributed by atoms with van der Waals surface area (Å²) in [5, 5.41) is 8.93. The lowest BCUT2D eigenvalue weighted by molar-refractivity contribution is -0.132. The summed E-state index contributed by atoms with van der Waals surface area (Å²) in [5.41, 5.74) is 0.379. The fraction of sp³-hybridized carbons (Fsp3) is 0.842. The zero-order valence-electron chi connectivity index (χ0n) is 14.3. The molecule has 1 unspecified atom stereocenters. The minimum atomic E-state index is -0.830. The summed E-state index contributed by atoms with van der Waals surface area (Å²) in [6.07, 6.45) is 16.2. The summed E-state index contributed by atoms with van der Waals surface area (Å²) in [7, 11) is 0. The van der Waals surface area contributed by atoms with Crippen molar-refractivity contribution < 1.29 is 9.90 Å². The van der Waals surface area contributed by atoms with Crippen LogP contribution >= 0.6 is 0 Å². The Kier molecular flexibility index (Phi) is 13.6. The van der Waals surface area contributed by atoms with Crippen LogP contribution in [0.3, 0.4) is 0 Å². The van der Waals surface area contributed by atoms with Crippen molar-refractivity contribution >= 4 is 5.97 Å². The van der Waals surface area contributed by atoms with Crippen molar-refractivity contribution in [1.29, 1.82) is 0 Å². The zero-order chi connectivity index (χ0) is 15.9. The number of carboxylic acid groups (broad SMARTS) is 1. The van der Waals surface area contributed by atoms with Crippen LogP contribution in [-0.4, -0.2) is 11.1 Å². The Balaban J connectivity index is 3.60. The number of hydrogen-bond acceptors (Lipinski definition) is 1. The molecule has 0 fully saturated rings. The number of carboxylic acids is 1. The first-order chi connectivity index (χ1) is 10.1. The minimum absolute atomic E-state index is 0.379. The quantitative estimate of drug-likeness (QED) is 0.282. The third kappa shape index (κ3) is 12.6. The summed E-state index contributed by atoms with van der Waals surface area (Å²) in [4.78, 5) is 10.9. The first-order valence-corrected chi connectivity index (χ1v) is 9.02. The molecule has 0 radical (unpaired) electrons. The van der Waals surface area contributed by atoms with Gasteiger partial charge in [-0.2, -0.15) is 0 Å². The lowest BCUT2D eigenvalue weighted by Gasteiger charge is -2.15. The van der Waals surface area contributed by atoms with Gasteiger partial charge in [0.25, 0.3) is 0 Å². The number of rotatable bonds is 15. The Bertz CT molecular complexity index is 271. The number of hydrogen-bond donors (Lipinski definition) is 1. The van der Waals surface area contributed by atoms with Gasteiger partial charge in [-0.05, 0) is 12.3 Å². The molecule has 0 heterocycles. The molecule has 21 heavy (non-hydrogen) atoms. The van der Waals surface area contributed by atoms with Crippen LogP contribution in [0.5, 0.6) is 0 Å². The molecule has 2 heteroatoms. The summed E-state index contributed by atoms with van der Waals surface area (Å²) in [5.74, 6) is -0.314. The van der Waals surface area contributed by atoms with Crippen LogP contribution in [0.4, 0.5) is 0 Å².